The summed E-state index contributed by atoms with van der Waals surface area (Å²) < 4.78 is 6.41. The lowest BCUT2D eigenvalue weighted by molar-refractivity contribution is 0.129. The summed E-state index contributed by atoms with van der Waals surface area (Å²) in [6.45, 7) is 7.80. The molecule has 1 unspecified atom stereocenters. The van der Waals surface area contributed by atoms with Crippen molar-refractivity contribution in [2.24, 2.45) is 5.92 Å². The van der Waals surface area contributed by atoms with Crippen molar-refractivity contribution in [3.63, 3.8) is 0 Å². The van der Waals surface area contributed by atoms with Crippen LogP contribution in [0.3, 0.4) is 0 Å². The summed E-state index contributed by atoms with van der Waals surface area (Å²) in [7, 11) is 0. The van der Waals surface area contributed by atoms with Crippen molar-refractivity contribution in [2.75, 3.05) is 13.2 Å². The Bertz CT molecular complexity index is 106. The van der Waals surface area contributed by atoms with E-state index in [1.807, 2.05) is 13.8 Å². The van der Waals surface area contributed by atoms with Crippen molar-refractivity contribution < 1.29 is 4.74 Å². The standard InChI is InChI=1S/C8H15BrO/c1-4-10-6-7(2)5-8(3)9/h5,7H,4,6H2,1-3H3. The predicted molar refractivity (Wildman–Crippen MR) is 48.3 cm³/mol. The van der Waals surface area contributed by atoms with Gasteiger partial charge in [-0.1, -0.05) is 28.9 Å². The van der Waals surface area contributed by atoms with E-state index < -0.39 is 0 Å². The fourth-order valence-corrected chi connectivity index (χ4v) is 1.20. The van der Waals surface area contributed by atoms with Gasteiger partial charge in [-0.15, -0.1) is 0 Å². The molecule has 0 aliphatic rings. The highest BCUT2D eigenvalue weighted by Crippen LogP contribution is 2.08. The molecule has 0 saturated carbocycles. The summed E-state index contributed by atoms with van der Waals surface area (Å²) in [4.78, 5) is 0. The van der Waals surface area contributed by atoms with Crippen LogP contribution >= 0.6 is 15.9 Å². The molecule has 0 aromatic rings. The number of ether oxygens (including phenoxy) is 1. The molecule has 0 bridgehead atoms. The van der Waals surface area contributed by atoms with Gasteiger partial charge in [-0.25, -0.2) is 0 Å². The first kappa shape index (κ1) is 10.2. The summed E-state index contributed by atoms with van der Waals surface area (Å²) in [5.41, 5.74) is 0. The first-order chi connectivity index (χ1) is 4.66. The molecule has 0 saturated heterocycles. The van der Waals surface area contributed by atoms with Crippen LogP contribution in [0, 0.1) is 5.92 Å². The zero-order valence-electron chi connectivity index (χ0n) is 6.86. The van der Waals surface area contributed by atoms with Crippen LogP contribution in [0.5, 0.6) is 0 Å². The average Bonchev–Trinajstić information content (AvgIpc) is 1.82. The lowest BCUT2D eigenvalue weighted by Gasteiger charge is -2.05. The second-order valence-electron chi connectivity index (χ2n) is 2.39. The molecule has 2 heteroatoms. The maximum atomic E-state index is 5.23. The van der Waals surface area contributed by atoms with Gasteiger partial charge >= 0.3 is 0 Å². The Morgan fingerprint density at radius 1 is 1.70 bits per heavy atom. The fraction of sp³-hybridized carbons (Fsp3) is 0.750. The van der Waals surface area contributed by atoms with E-state index in [2.05, 4.69) is 28.9 Å². The van der Waals surface area contributed by atoms with Crippen LogP contribution < -0.4 is 0 Å². The zero-order valence-corrected chi connectivity index (χ0v) is 8.44. The van der Waals surface area contributed by atoms with Gasteiger partial charge in [-0.2, -0.15) is 0 Å². The highest BCUT2D eigenvalue weighted by atomic mass is 79.9. The Hall–Kier alpha value is 0.180. The molecule has 1 atom stereocenters. The van der Waals surface area contributed by atoms with Gasteiger partial charge in [0.15, 0.2) is 0 Å². The molecule has 1 nitrogen and oxygen atoms in total. The molecule has 0 spiro atoms. The van der Waals surface area contributed by atoms with Gasteiger partial charge in [0, 0.05) is 6.61 Å². The molecule has 0 radical (unpaired) electrons. The van der Waals surface area contributed by atoms with Gasteiger partial charge in [0.05, 0.1) is 6.61 Å². The summed E-state index contributed by atoms with van der Waals surface area (Å²) in [5.74, 6) is 0.513. The first-order valence-electron chi connectivity index (χ1n) is 3.58. The van der Waals surface area contributed by atoms with Crippen molar-refractivity contribution in [1.82, 2.24) is 0 Å². The molecule has 0 rings (SSSR count). The lowest BCUT2D eigenvalue weighted by Crippen LogP contribution is -2.02. The Morgan fingerprint density at radius 3 is 2.70 bits per heavy atom. The number of hydrogen-bond donors (Lipinski definition) is 0. The van der Waals surface area contributed by atoms with Crippen LogP contribution in [0.1, 0.15) is 20.8 Å². The van der Waals surface area contributed by atoms with Gasteiger partial charge < -0.3 is 4.74 Å². The molecular weight excluding hydrogens is 192 g/mol. The van der Waals surface area contributed by atoms with E-state index in [0.29, 0.717) is 5.92 Å². The Balaban J connectivity index is 3.43. The van der Waals surface area contributed by atoms with Crippen molar-refractivity contribution in [3.8, 4) is 0 Å². The minimum Gasteiger partial charge on any atom is -0.381 e. The molecular formula is C8H15BrO. The number of allylic oxidation sites excluding steroid dienone is 1. The third-order valence-electron chi connectivity index (χ3n) is 1.10. The summed E-state index contributed by atoms with van der Waals surface area (Å²) >= 11 is 3.37. The fourth-order valence-electron chi connectivity index (χ4n) is 0.744. The molecule has 0 aromatic carbocycles. The van der Waals surface area contributed by atoms with Crippen LogP contribution in [0.4, 0.5) is 0 Å². The maximum absolute atomic E-state index is 5.23. The van der Waals surface area contributed by atoms with Crippen molar-refractivity contribution >= 4 is 15.9 Å². The van der Waals surface area contributed by atoms with Gasteiger partial charge in [0.25, 0.3) is 0 Å². The van der Waals surface area contributed by atoms with Gasteiger partial charge in [-0.05, 0) is 24.2 Å². The van der Waals surface area contributed by atoms with E-state index >= 15 is 0 Å². The predicted octanol–water partition coefficient (Wildman–Crippen LogP) is 2.96. The smallest absolute Gasteiger partial charge is 0.0526 e. The molecule has 0 amide bonds. The van der Waals surface area contributed by atoms with Crippen molar-refractivity contribution in [3.05, 3.63) is 10.6 Å². The monoisotopic (exact) mass is 206 g/mol. The molecule has 0 heterocycles. The normalized spacial score (nSPS) is 15.4. The van der Waals surface area contributed by atoms with E-state index in [1.165, 1.54) is 4.48 Å². The lowest BCUT2D eigenvalue weighted by atomic mass is 10.2. The van der Waals surface area contributed by atoms with Crippen LogP contribution in [0.25, 0.3) is 0 Å². The van der Waals surface area contributed by atoms with Gasteiger partial charge in [0.2, 0.25) is 0 Å². The third-order valence-corrected chi connectivity index (χ3v) is 1.36. The number of rotatable bonds is 4. The highest BCUT2D eigenvalue weighted by Gasteiger charge is 1.95. The van der Waals surface area contributed by atoms with Crippen LogP contribution in [-0.4, -0.2) is 13.2 Å². The second-order valence-corrected chi connectivity index (χ2v) is 3.64. The molecule has 0 aliphatic carbocycles. The summed E-state index contributed by atoms with van der Waals surface area (Å²) in [5, 5.41) is 0. The SMILES string of the molecule is CCOCC(C)C=C(C)Br. The summed E-state index contributed by atoms with van der Waals surface area (Å²) in [6.07, 6.45) is 2.15. The Kier molecular flexibility index (Phi) is 6.03. The molecule has 0 aromatic heterocycles. The third kappa shape index (κ3) is 6.30. The largest absolute Gasteiger partial charge is 0.381 e. The minimum absolute atomic E-state index is 0.513. The van der Waals surface area contributed by atoms with Gasteiger partial charge in [-0.3, -0.25) is 0 Å². The summed E-state index contributed by atoms with van der Waals surface area (Å²) in [6, 6.07) is 0. The second kappa shape index (κ2) is 5.93. The van der Waals surface area contributed by atoms with E-state index in [0.717, 1.165) is 13.2 Å². The van der Waals surface area contributed by atoms with Crippen LogP contribution in [-0.2, 0) is 4.74 Å². The minimum atomic E-state index is 0.513. The Labute approximate surface area is 71.6 Å². The molecule has 60 valence electrons. The molecule has 0 aliphatic heterocycles. The van der Waals surface area contributed by atoms with Crippen molar-refractivity contribution in [1.29, 1.82) is 0 Å². The van der Waals surface area contributed by atoms with Crippen LogP contribution in [0.15, 0.2) is 10.6 Å². The van der Waals surface area contributed by atoms with Crippen LogP contribution in [0.2, 0.25) is 0 Å². The number of halogens is 1. The van der Waals surface area contributed by atoms with E-state index in [9.17, 15) is 0 Å². The average molecular weight is 207 g/mol. The number of hydrogen-bond acceptors (Lipinski definition) is 1. The Morgan fingerprint density at radius 2 is 2.30 bits per heavy atom. The maximum Gasteiger partial charge on any atom is 0.0526 e. The van der Waals surface area contributed by atoms with E-state index in [4.69, 9.17) is 4.74 Å². The zero-order chi connectivity index (χ0) is 7.98. The first-order valence-corrected chi connectivity index (χ1v) is 4.37. The highest BCUT2D eigenvalue weighted by molar-refractivity contribution is 9.11. The van der Waals surface area contributed by atoms with Gasteiger partial charge in [0.1, 0.15) is 0 Å². The van der Waals surface area contributed by atoms with E-state index in [1.54, 1.807) is 0 Å². The topological polar surface area (TPSA) is 9.23 Å². The molecule has 0 N–H and O–H groups in total. The van der Waals surface area contributed by atoms with E-state index in [-0.39, 0.29) is 0 Å². The molecule has 10 heavy (non-hydrogen) atoms. The molecule has 0 fully saturated rings. The quantitative estimate of drug-likeness (QED) is 0.688. The van der Waals surface area contributed by atoms with Crippen molar-refractivity contribution in [2.45, 2.75) is 20.8 Å².